The first kappa shape index (κ1) is 17.7. The van der Waals surface area contributed by atoms with Crippen molar-refractivity contribution in [1.82, 2.24) is 5.06 Å². The van der Waals surface area contributed by atoms with Crippen molar-refractivity contribution < 1.29 is 50.0 Å². The average Bonchev–Trinajstić information content (AvgIpc) is 2.71. The Morgan fingerprint density at radius 2 is 1.29 bits per heavy atom. The van der Waals surface area contributed by atoms with Gasteiger partial charge in [-0.2, -0.15) is 30.7 Å². The monoisotopic (exact) mass is 359 g/mol. The Morgan fingerprint density at radius 3 is 1.67 bits per heavy atom. The van der Waals surface area contributed by atoms with Crippen LogP contribution in [-0.2, 0) is 9.63 Å². The fourth-order valence-electron chi connectivity index (χ4n) is 1.70. The Balaban J connectivity index is 2.28. The van der Waals surface area contributed by atoms with Crippen molar-refractivity contribution in [2.45, 2.75) is 18.0 Å². The molecule has 1 aromatic carbocycles. The number of rotatable bonds is 3. The predicted molar refractivity (Wildman–Crippen MR) is 59.0 cm³/mol. The van der Waals surface area contributed by atoms with E-state index in [9.17, 15) is 45.1 Å². The number of nitrogens with zero attached hydrogens (tertiary/aromatic N) is 1. The Morgan fingerprint density at radius 1 is 0.875 bits per heavy atom. The third-order valence-corrected chi connectivity index (χ3v) is 2.94. The molecule has 130 valence electrons. The molecule has 2 amide bonds. The van der Waals surface area contributed by atoms with Gasteiger partial charge in [0.15, 0.2) is 0 Å². The summed E-state index contributed by atoms with van der Waals surface area (Å²) < 4.78 is 87.7. The molecule has 2 rings (SSSR count). The van der Waals surface area contributed by atoms with Crippen LogP contribution in [0.15, 0.2) is 24.3 Å². The highest BCUT2D eigenvalue weighted by molar-refractivity contribution is 6.20. The van der Waals surface area contributed by atoms with E-state index in [0.29, 0.717) is 0 Å². The van der Waals surface area contributed by atoms with E-state index in [2.05, 4.69) is 4.84 Å². The molecule has 12 heteroatoms. The Hall–Kier alpha value is -2.66. The van der Waals surface area contributed by atoms with Crippen LogP contribution in [0.5, 0.6) is 0 Å². The van der Waals surface area contributed by atoms with Crippen LogP contribution in [0.4, 0.5) is 30.7 Å². The molecular formula is C12H4F7NO4. The summed E-state index contributed by atoms with van der Waals surface area (Å²) in [4.78, 5) is 38.0. The van der Waals surface area contributed by atoms with Crippen LogP contribution in [0.2, 0.25) is 0 Å². The van der Waals surface area contributed by atoms with Gasteiger partial charge in [-0.25, -0.2) is 4.79 Å². The molecule has 5 nitrogen and oxygen atoms in total. The first-order valence-corrected chi connectivity index (χ1v) is 5.85. The summed E-state index contributed by atoms with van der Waals surface area (Å²) in [6.07, 6.45) is -6.77. The van der Waals surface area contributed by atoms with E-state index in [1.807, 2.05) is 0 Å². The highest BCUT2D eigenvalue weighted by Gasteiger charge is 2.77. The molecule has 0 spiro atoms. The summed E-state index contributed by atoms with van der Waals surface area (Å²) >= 11 is 0. The lowest BCUT2D eigenvalue weighted by atomic mass is 10.1. The second-order valence-corrected chi connectivity index (χ2v) is 4.48. The number of carbonyl (C=O) groups is 3. The number of imide groups is 1. The molecule has 1 aliphatic rings. The van der Waals surface area contributed by atoms with E-state index in [1.165, 1.54) is 12.1 Å². The minimum Gasteiger partial charge on any atom is -0.323 e. The average molecular weight is 359 g/mol. The molecule has 1 heterocycles. The zero-order valence-corrected chi connectivity index (χ0v) is 11.0. The molecule has 0 saturated heterocycles. The minimum atomic E-state index is -6.77. The highest BCUT2D eigenvalue weighted by Crippen LogP contribution is 2.47. The molecule has 0 saturated carbocycles. The number of fused-ring (bicyclic) bond motifs is 1. The lowest BCUT2D eigenvalue weighted by molar-refractivity contribution is -0.351. The van der Waals surface area contributed by atoms with Crippen LogP contribution in [0.1, 0.15) is 20.7 Å². The van der Waals surface area contributed by atoms with E-state index < -0.39 is 52.0 Å². The second kappa shape index (κ2) is 5.18. The van der Waals surface area contributed by atoms with Crippen molar-refractivity contribution in [3.8, 4) is 0 Å². The molecule has 0 radical (unpaired) electrons. The quantitative estimate of drug-likeness (QED) is 0.615. The topological polar surface area (TPSA) is 63.7 Å². The largest absolute Gasteiger partial charge is 0.460 e. The molecule has 0 atom stereocenters. The van der Waals surface area contributed by atoms with Gasteiger partial charge in [-0.3, -0.25) is 9.59 Å². The number of amides is 2. The lowest BCUT2D eigenvalue weighted by Gasteiger charge is -2.27. The van der Waals surface area contributed by atoms with Crippen LogP contribution in [0.3, 0.4) is 0 Å². The van der Waals surface area contributed by atoms with E-state index in [1.54, 1.807) is 0 Å². The molecule has 0 aliphatic carbocycles. The van der Waals surface area contributed by atoms with Crippen LogP contribution < -0.4 is 0 Å². The van der Waals surface area contributed by atoms with Gasteiger partial charge in [0, 0.05) is 0 Å². The van der Waals surface area contributed by atoms with E-state index in [-0.39, 0.29) is 0 Å². The van der Waals surface area contributed by atoms with Crippen molar-refractivity contribution in [3.63, 3.8) is 0 Å². The van der Waals surface area contributed by atoms with Crippen LogP contribution >= 0.6 is 0 Å². The lowest BCUT2D eigenvalue weighted by Crippen LogP contribution is -2.57. The smallest absolute Gasteiger partial charge is 0.323 e. The molecule has 0 bridgehead atoms. The van der Waals surface area contributed by atoms with E-state index in [4.69, 9.17) is 0 Å². The van der Waals surface area contributed by atoms with Crippen molar-refractivity contribution in [2.75, 3.05) is 0 Å². The van der Waals surface area contributed by atoms with Gasteiger partial charge in [-0.15, -0.1) is 0 Å². The molecule has 0 aromatic heterocycles. The molecule has 24 heavy (non-hydrogen) atoms. The number of benzene rings is 1. The number of hydrogen-bond acceptors (Lipinski definition) is 4. The Labute approximate surface area is 127 Å². The molecule has 0 unspecified atom stereocenters. The van der Waals surface area contributed by atoms with Gasteiger partial charge in [0.05, 0.1) is 11.1 Å². The molecule has 0 fully saturated rings. The minimum absolute atomic E-state index is 0.402. The van der Waals surface area contributed by atoms with Gasteiger partial charge in [0.1, 0.15) is 0 Å². The third kappa shape index (κ3) is 2.37. The highest BCUT2D eigenvalue weighted by atomic mass is 19.4. The molecule has 1 aliphatic heterocycles. The van der Waals surface area contributed by atoms with Gasteiger partial charge < -0.3 is 4.84 Å². The van der Waals surface area contributed by atoms with Crippen molar-refractivity contribution in [2.24, 2.45) is 0 Å². The maximum absolute atomic E-state index is 13.1. The summed E-state index contributed by atoms with van der Waals surface area (Å²) in [6.45, 7) is 0. The van der Waals surface area contributed by atoms with E-state index in [0.717, 1.165) is 12.1 Å². The third-order valence-electron chi connectivity index (χ3n) is 2.94. The Kier molecular flexibility index (Phi) is 3.81. The number of halogens is 7. The fraction of sp³-hybridized carbons (Fsp3) is 0.250. The standard InChI is InChI=1S/C12H4F7NO4/c13-10(14,11(15,16)12(17,18)19)9(23)24-20-7(21)5-3-1-2-4-6(5)8(20)22/h1-4H. The zero-order chi connectivity index (χ0) is 18.5. The summed E-state index contributed by atoms with van der Waals surface area (Å²) in [7, 11) is 0. The number of hydrogen-bond donors (Lipinski definition) is 0. The first-order chi connectivity index (χ1) is 10.8. The molecular weight excluding hydrogens is 355 g/mol. The first-order valence-electron chi connectivity index (χ1n) is 5.85. The van der Waals surface area contributed by atoms with Gasteiger partial charge in [0.25, 0.3) is 11.8 Å². The summed E-state index contributed by atoms with van der Waals surface area (Å²) in [5.74, 6) is -19.5. The van der Waals surface area contributed by atoms with Crippen molar-refractivity contribution >= 4 is 17.8 Å². The summed E-state index contributed by atoms with van der Waals surface area (Å²) in [5, 5.41) is -0.604. The van der Waals surface area contributed by atoms with Crippen LogP contribution in [0, 0.1) is 0 Å². The molecule has 1 aromatic rings. The fourth-order valence-corrected chi connectivity index (χ4v) is 1.70. The normalized spacial score (nSPS) is 15.5. The Bertz CT molecular complexity index is 693. The summed E-state index contributed by atoms with van der Waals surface area (Å²) in [5.41, 5.74) is -0.803. The van der Waals surface area contributed by atoms with Crippen LogP contribution in [0.25, 0.3) is 0 Å². The maximum atomic E-state index is 13.1. The predicted octanol–water partition coefficient (Wildman–Crippen LogP) is 2.57. The number of alkyl halides is 7. The number of hydroxylamine groups is 2. The van der Waals surface area contributed by atoms with Gasteiger partial charge in [-0.05, 0) is 12.1 Å². The van der Waals surface area contributed by atoms with Gasteiger partial charge >= 0.3 is 24.0 Å². The van der Waals surface area contributed by atoms with Crippen LogP contribution in [-0.4, -0.2) is 40.9 Å². The molecule has 0 N–H and O–H groups in total. The summed E-state index contributed by atoms with van der Waals surface area (Å²) in [6, 6.07) is 4.57. The van der Waals surface area contributed by atoms with E-state index >= 15 is 0 Å². The van der Waals surface area contributed by atoms with Gasteiger partial charge in [0.2, 0.25) is 0 Å². The van der Waals surface area contributed by atoms with Crippen molar-refractivity contribution in [3.05, 3.63) is 35.4 Å². The zero-order valence-electron chi connectivity index (χ0n) is 11.0. The maximum Gasteiger partial charge on any atom is 0.460 e. The van der Waals surface area contributed by atoms with Crippen molar-refractivity contribution in [1.29, 1.82) is 0 Å². The number of carbonyl (C=O) groups excluding carboxylic acids is 3. The van der Waals surface area contributed by atoms with Gasteiger partial charge in [-0.1, -0.05) is 17.2 Å². The SMILES string of the molecule is O=C1c2ccccc2C(=O)N1OC(=O)C(F)(F)C(F)(F)C(F)(F)F. The second-order valence-electron chi connectivity index (χ2n) is 4.48.